The predicted molar refractivity (Wildman–Crippen MR) is 70.3 cm³/mol. The summed E-state index contributed by atoms with van der Waals surface area (Å²) in [5, 5.41) is 8.73. The molecule has 1 amide bonds. The number of carbonyl (C=O) groups is 2. The van der Waals surface area contributed by atoms with E-state index in [1.807, 2.05) is 11.8 Å². The summed E-state index contributed by atoms with van der Waals surface area (Å²) in [7, 11) is 0. The molecule has 0 spiro atoms. The molecule has 1 N–H and O–H groups in total. The summed E-state index contributed by atoms with van der Waals surface area (Å²) < 4.78 is 0. The van der Waals surface area contributed by atoms with Gasteiger partial charge >= 0.3 is 5.97 Å². The largest absolute Gasteiger partial charge is 0.481 e. The van der Waals surface area contributed by atoms with Gasteiger partial charge in [0, 0.05) is 25.4 Å². The van der Waals surface area contributed by atoms with E-state index in [9.17, 15) is 9.59 Å². The normalized spacial score (nSPS) is 22.3. The zero-order valence-electron chi connectivity index (χ0n) is 11.5. The van der Waals surface area contributed by atoms with Crippen LogP contribution in [0.1, 0.15) is 58.8 Å². The number of nitrogens with zero attached hydrogens (tertiary/aromatic N) is 1. The number of likely N-dealkylation sites (tertiary alicyclic amines) is 1. The van der Waals surface area contributed by atoms with Crippen LogP contribution in [-0.2, 0) is 9.59 Å². The number of carboxylic acids is 1. The maximum Gasteiger partial charge on any atom is 0.303 e. The number of carbonyl (C=O) groups excluding carboxylic acids is 1. The van der Waals surface area contributed by atoms with E-state index < -0.39 is 5.97 Å². The molecule has 1 aliphatic heterocycles. The SMILES string of the molecule is CCC1CCCCCN1C(=O)CC(C)CC(=O)O. The van der Waals surface area contributed by atoms with Crippen LogP contribution in [0.15, 0.2) is 0 Å². The summed E-state index contributed by atoms with van der Waals surface area (Å²) >= 11 is 0. The van der Waals surface area contributed by atoms with Crippen LogP contribution >= 0.6 is 0 Å². The molecule has 0 aromatic carbocycles. The van der Waals surface area contributed by atoms with Crippen molar-refractivity contribution < 1.29 is 14.7 Å². The summed E-state index contributed by atoms with van der Waals surface area (Å²) in [6.07, 6.45) is 6.02. The topological polar surface area (TPSA) is 57.6 Å². The molecular formula is C14H25NO3. The van der Waals surface area contributed by atoms with Crippen molar-refractivity contribution in [3.8, 4) is 0 Å². The number of amides is 1. The first-order chi connectivity index (χ1) is 8.54. The van der Waals surface area contributed by atoms with Gasteiger partial charge in [-0.15, -0.1) is 0 Å². The van der Waals surface area contributed by atoms with Crippen LogP contribution in [-0.4, -0.2) is 34.5 Å². The maximum atomic E-state index is 12.2. The summed E-state index contributed by atoms with van der Waals surface area (Å²) in [6.45, 7) is 4.80. The lowest BCUT2D eigenvalue weighted by atomic mass is 10.0. The highest BCUT2D eigenvalue weighted by Crippen LogP contribution is 2.21. The van der Waals surface area contributed by atoms with Crippen LogP contribution in [0.5, 0.6) is 0 Å². The van der Waals surface area contributed by atoms with Crippen LogP contribution in [0, 0.1) is 5.92 Å². The Balaban J connectivity index is 2.54. The molecule has 18 heavy (non-hydrogen) atoms. The average Bonchev–Trinajstić information content (AvgIpc) is 2.52. The number of aliphatic carboxylic acids is 1. The monoisotopic (exact) mass is 255 g/mol. The lowest BCUT2D eigenvalue weighted by Crippen LogP contribution is -2.40. The number of carboxylic acid groups (broad SMARTS) is 1. The molecule has 0 aromatic rings. The predicted octanol–water partition coefficient (Wildman–Crippen LogP) is 2.67. The second-order valence-corrected chi connectivity index (χ2v) is 5.41. The fraction of sp³-hybridized carbons (Fsp3) is 0.857. The Kier molecular flexibility index (Phi) is 6.16. The maximum absolute atomic E-state index is 12.2. The van der Waals surface area contributed by atoms with E-state index in [1.165, 1.54) is 12.8 Å². The Bertz CT molecular complexity index is 291. The van der Waals surface area contributed by atoms with Gasteiger partial charge in [0.2, 0.25) is 5.91 Å². The quantitative estimate of drug-likeness (QED) is 0.821. The van der Waals surface area contributed by atoms with Gasteiger partial charge in [-0.1, -0.05) is 26.7 Å². The van der Waals surface area contributed by atoms with E-state index in [4.69, 9.17) is 5.11 Å². The Labute approximate surface area is 109 Å². The van der Waals surface area contributed by atoms with E-state index in [-0.39, 0.29) is 18.2 Å². The molecular weight excluding hydrogens is 230 g/mol. The number of hydrogen-bond acceptors (Lipinski definition) is 2. The van der Waals surface area contributed by atoms with Crippen molar-refractivity contribution in [1.29, 1.82) is 0 Å². The van der Waals surface area contributed by atoms with Crippen molar-refractivity contribution >= 4 is 11.9 Å². The standard InChI is InChI=1S/C14H25NO3/c1-3-12-7-5-4-6-8-15(12)13(16)9-11(2)10-14(17)18/h11-12H,3-10H2,1-2H3,(H,17,18). The Morgan fingerprint density at radius 1 is 1.28 bits per heavy atom. The van der Waals surface area contributed by atoms with Gasteiger partial charge < -0.3 is 10.0 Å². The molecule has 1 fully saturated rings. The van der Waals surface area contributed by atoms with Gasteiger partial charge in [0.1, 0.15) is 0 Å². The first-order valence-corrected chi connectivity index (χ1v) is 7.05. The zero-order chi connectivity index (χ0) is 13.5. The Morgan fingerprint density at radius 2 is 2.00 bits per heavy atom. The van der Waals surface area contributed by atoms with E-state index in [0.29, 0.717) is 12.5 Å². The number of rotatable bonds is 5. The summed E-state index contributed by atoms with van der Waals surface area (Å²) in [5.41, 5.74) is 0. The minimum absolute atomic E-state index is 0.0734. The highest BCUT2D eigenvalue weighted by molar-refractivity contribution is 5.77. The molecule has 1 heterocycles. The lowest BCUT2D eigenvalue weighted by Gasteiger charge is -2.30. The third kappa shape index (κ3) is 4.67. The lowest BCUT2D eigenvalue weighted by molar-refractivity contribution is -0.139. The minimum atomic E-state index is -0.821. The highest BCUT2D eigenvalue weighted by Gasteiger charge is 2.25. The Morgan fingerprint density at radius 3 is 2.61 bits per heavy atom. The van der Waals surface area contributed by atoms with Gasteiger partial charge in [0.05, 0.1) is 0 Å². The average molecular weight is 255 g/mol. The van der Waals surface area contributed by atoms with Crippen LogP contribution < -0.4 is 0 Å². The summed E-state index contributed by atoms with van der Waals surface area (Å²) in [6, 6.07) is 0.358. The molecule has 0 aromatic heterocycles. The smallest absolute Gasteiger partial charge is 0.303 e. The second kappa shape index (κ2) is 7.39. The minimum Gasteiger partial charge on any atom is -0.481 e. The van der Waals surface area contributed by atoms with E-state index in [1.54, 1.807) is 0 Å². The van der Waals surface area contributed by atoms with Crippen LogP contribution in [0.4, 0.5) is 0 Å². The van der Waals surface area contributed by atoms with Crippen LogP contribution in [0.25, 0.3) is 0 Å². The van der Waals surface area contributed by atoms with Crippen molar-refractivity contribution in [2.24, 2.45) is 5.92 Å². The molecule has 2 unspecified atom stereocenters. The molecule has 0 radical (unpaired) electrons. The van der Waals surface area contributed by atoms with Gasteiger partial charge in [-0.05, 0) is 25.2 Å². The van der Waals surface area contributed by atoms with Crippen LogP contribution in [0.3, 0.4) is 0 Å². The van der Waals surface area contributed by atoms with Gasteiger partial charge in [-0.25, -0.2) is 0 Å². The first-order valence-electron chi connectivity index (χ1n) is 7.05. The van der Waals surface area contributed by atoms with Gasteiger partial charge in [-0.3, -0.25) is 9.59 Å². The number of hydrogen-bond donors (Lipinski definition) is 1. The molecule has 1 rings (SSSR count). The van der Waals surface area contributed by atoms with E-state index in [2.05, 4.69) is 6.92 Å². The first kappa shape index (κ1) is 15.0. The Hall–Kier alpha value is -1.06. The second-order valence-electron chi connectivity index (χ2n) is 5.41. The fourth-order valence-electron chi connectivity index (χ4n) is 2.72. The molecule has 1 aliphatic rings. The van der Waals surface area contributed by atoms with Crippen molar-refractivity contribution in [1.82, 2.24) is 4.90 Å². The third-order valence-electron chi connectivity index (χ3n) is 3.71. The molecule has 0 saturated carbocycles. The molecule has 104 valence electrons. The molecule has 0 aliphatic carbocycles. The summed E-state index contributed by atoms with van der Waals surface area (Å²) in [5.74, 6) is -0.758. The fourth-order valence-corrected chi connectivity index (χ4v) is 2.72. The van der Waals surface area contributed by atoms with Crippen molar-refractivity contribution in [2.75, 3.05) is 6.54 Å². The molecule has 1 saturated heterocycles. The third-order valence-corrected chi connectivity index (χ3v) is 3.71. The molecule has 4 nitrogen and oxygen atoms in total. The van der Waals surface area contributed by atoms with E-state index in [0.717, 1.165) is 25.8 Å². The van der Waals surface area contributed by atoms with Crippen molar-refractivity contribution in [3.63, 3.8) is 0 Å². The molecule has 0 bridgehead atoms. The van der Waals surface area contributed by atoms with Crippen LogP contribution in [0.2, 0.25) is 0 Å². The zero-order valence-corrected chi connectivity index (χ0v) is 11.5. The molecule has 2 atom stereocenters. The molecule has 4 heteroatoms. The van der Waals surface area contributed by atoms with Crippen molar-refractivity contribution in [2.45, 2.75) is 64.8 Å². The van der Waals surface area contributed by atoms with Gasteiger partial charge in [0.15, 0.2) is 0 Å². The van der Waals surface area contributed by atoms with Gasteiger partial charge in [0.25, 0.3) is 0 Å². The van der Waals surface area contributed by atoms with Gasteiger partial charge in [-0.2, -0.15) is 0 Å². The highest BCUT2D eigenvalue weighted by atomic mass is 16.4. The summed E-state index contributed by atoms with van der Waals surface area (Å²) in [4.78, 5) is 24.9. The van der Waals surface area contributed by atoms with Crippen molar-refractivity contribution in [3.05, 3.63) is 0 Å². The van der Waals surface area contributed by atoms with E-state index >= 15 is 0 Å².